The first-order valence-electron chi connectivity index (χ1n) is 39.0. The summed E-state index contributed by atoms with van der Waals surface area (Å²) < 4.78 is 68.5. The van der Waals surface area contributed by atoms with Crippen LogP contribution >= 0.6 is 15.6 Å². The standard InChI is InChI=1S/C76H144O17P2/c1-6-9-12-15-18-21-24-26-28-29-31-33-35-41-46-51-56-61-75(80)92-72(66-87-74(79)60-55-50-45-40-34-32-30-27-25-22-19-16-13-10-7-2)68-91-95(84,85)89-64-70(77)63-88-94(82,83)90-67-71(65-86-73(78)59-54-49-44-39-23-20-17-14-11-8-3)93-76(81)62-57-52-47-42-37-36-38-43-48-53-58-69(4)5/h22,25,27,30,69-72,77H,6-21,23-24,26,28-29,31-68H2,1-5H3,(H,82,83)(H,84,85)/b25-22-,30-27-/t70-,71+,72+/m0/s1. The zero-order chi connectivity index (χ0) is 69.8. The van der Waals surface area contributed by atoms with Crippen molar-refractivity contribution in [2.45, 2.75) is 393 Å². The van der Waals surface area contributed by atoms with Crippen LogP contribution in [0.2, 0.25) is 0 Å². The third kappa shape index (κ3) is 69.8. The summed E-state index contributed by atoms with van der Waals surface area (Å²) in [7, 11) is -9.92. The van der Waals surface area contributed by atoms with Crippen LogP contribution in [0.3, 0.4) is 0 Å². The summed E-state index contributed by atoms with van der Waals surface area (Å²) in [6.07, 6.45) is 60.4. The van der Waals surface area contributed by atoms with E-state index in [4.69, 9.17) is 37.0 Å². The lowest BCUT2D eigenvalue weighted by molar-refractivity contribution is -0.161. The Hall–Kier alpha value is -2.46. The maximum atomic E-state index is 13.1. The molecule has 560 valence electrons. The molecule has 0 amide bonds. The second kappa shape index (κ2) is 68.7. The van der Waals surface area contributed by atoms with E-state index in [0.717, 1.165) is 115 Å². The van der Waals surface area contributed by atoms with Gasteiger partial charge in [0.1, 0.15) is 19.3 Å². The summed E-state index contributed by atoms with van der Waals surface area (Å²) >= 11 is 0. The number of phosphoric ester groups is 2. The number of esters is 4. The molecule has 0 aromatic rings. The van der Waals surface area contributed by atoms with Crippen molar-refractivity contribution in [1.82, 2.24) is 0 Å². The van der Waals surface area contributed by atoms with E-state index in [-0.39, 0.29) is 25.7 Å². The van der Waals surface area contributed by atoms with Crippen LogP contribution in [0.5, 0.6) is 0 Å². The number of hydrogen-bond donors (Lipinski definition) is 3. The highest BCUT2D eigenvalue weighted by Crippen LogP contribution is 2.45. The Bertz CT molecular complexity index is 1920. The molecule has 0 aromatic heterocycles. The molecular weight excluding hydrogens is 1250 g/mol. The predicted molar refractivity (Wildman–Crippen MR) is 386 cm³/mol. The molecule has 5 atom stereocenters. The summed E-state index contributed by atoms with van der Waals surface area (Å²) in [5.41, 5.74) is 0. The molecule has 0 spiro atoms. The Morgan fingerprint density at radius 1 is 0.326 bits per heavy atom. The predicted octanol–water partition coefficient (Wildman–Crippen LogP) is 22.0. The van der Waals surface area contributed by atoms with Gasteiger partial charge in [0, 0.05) is 25.7 Å². The van der Waals surface area contributed by atoms with Gasteiger partial charge < -0.3 is 33.8 Å². The van der Waals surface area contributed by atoms with E-state index in [2.05, 4.69) is 58.9 Å². The van der Waals surface area contributed by atoms with Crippen molar-refractivity contribution in [2.24, 2.45) is 5.92 Å². The molecule has 0 aliphatic rings. The molecule has 0 radical (unpaired) electrons. The van der Waals surface area contributed by atoms with E-state index in [1.54, 1.807) is 0 Å². The summed E-state index contributed by atoms with van der Waals surface area (Å²) in [4.78, 5) is 72.8. The van der Waals surface area contributed by atoms with Crippen LogP contribution in [0, 0.1) is 5.92 Å². The third-order valence-corrected chi connectivity index (χ3v) is 19.1. The number of carbonyl (C=O) groups excluding carboxylic acids is 4. The van der Waals surface area contributed by atoms with Crippen molar-refractivity contribution in [2.75, 3.05) is 39.6 Å². The van der Waals surface area contributed by atoms with Crippen molar-refractivity contribution in [3.63, 3.8) is 0 Å². The minimum Gasteiger partial charge on any atom is -0.462 e. The van der Waals surface area contributed by atoms with Crippen LogP contribution in [-0.4, -0.2) is 96.7 Å². The lowest BCUT2D eigenvalue weighted by atomic mass is 10.0. The van der Waals surface area contributed by atoms with E-state index in [1.165, 1.54) is 180 Å². The summed E-state index contributed by atoms with van der Waals surface area (Å²) in [5, 5.41) is 10.6. The first-order valence-corrected chi connectivity index (χ1v) is 41.9. The van der Waals surface area contributed by atoms with Gasteiger partial charge in [0.2, 0.25) is 0 Å². The summed E-state index contributed by atoms with van der Waals surface area (Å²) in [5.74, 6) is -1.39. The van der Waals surface area contributed by atoms with Crippen LogP contribution in [-0.2, 0) is 65.4 Å². The summed E-state index contributed by atoms with van der Waals surface area (Å²) in [6, 6.07) is 0. The molecular formula is C76H144O17P2. The van der Waals surface area contributed by atoms with Crippen LogP contribution in [0.15, 0.2) is 24.3 Å². The topological polar surface area (TPSA) is 237 Å². The average molecular weight is 1390 g/mol. The Labute approximate surface area is 580 Å². The number of carbonyl (C=O) groups is 4. The van der Waals surface area contributed by atoms with E-state index < -0.39 is 97.5 Å². The maximum absolute atomic E-state index is 13.1. The van der Waals surface area contributed by atoms with E-state index in [0.29, 0.717) is 25.7 Å². The lowest BCUT2D eigenvalue weighted by Crippen LogP contribution is -2.30. The quantitative estimate of drug-likeness (QED) is 0.0169. The van der Waals surface area contributed by atoms with Gasteiger partial charge in [-0.1, -0.05) is 322 Å². The molecule has 0 bridgehead atoms. The second-order valence-electron chi connectivity index (χ2n) is 27.2. The molecule has 0 heterocycles. The van der Waals surface area contributed by atoms with Gasteiger partial charge in [-0.05, 0) is 57.3 Å². The molecule has 0 aliphatic carbocycles. The number of aliphatic hydroxyl groups excluding tert-OH is 1. The Balaban J connectivity index is 5.28. The number of aliphatic hydroxyl groups is 1. The molecule has 3 N–H and O–H groups in total. The van der Waals surface area contributed by atoms with Gasteiger partial charge in [-0.15, -0.1) is 0 Å². The van der Waals surface area contributed by atoms with E-state index in [9.17, 15) is 43.2 Å². The number of rotatable bonds is 74. The smallest absolute Gasteiger partial charge is 0.462 e. The molecule has 0 aliphatic heterocycles. The zero-order valence-electron chi connectivity index (χ0n) is 61.3. The largest absolute Gasteiger partial charge is 0.472 e. The summed E-state index contributed by atoms with van der Waals surface area (Å²) in [6.45, 7) is 7.21. The molecule has 0 rings (SSSR count). The van der Waals surface area contributed by atoms with Crippen molar-refractivity contribution >= 4 is 39.5 Å². The first-order chi connectivity index (χ1) is 46.0. The normalized spacial score (nSPS) is 14.1. The van der Waals surface area contributed by atoms with Crippen LogP contribution < -0.4 is 0 Å². The molecule has 19 heteroatoms. The van der Waals surface area contributed by atoms with Crippen LogP contribution in [0.25, 0.3) is 0 Å². The Morgan fingerprint density at radius 2 is 0.568 bits per heavy atom. The van der Waals surface area contributed by atoms with Gasteiger partial charge in [-0.3, -0.25) is 37.3 Å². The maximum Gasteiger partial charge on any atom is 0.472 e. The highest BCUT2D eigenvalue weighted by Gasteiger charge is 2.30. The molecule has 95 heavy (non-hydrogen) atoms. The molecule has 0 saturated carbocycles. The molecule has 0 fully saturated rings. The number of phosphoric acid groups is 2. The van der Waals surface area contributed by atoms with E-state index in [1.807, 2.05) is 0 Å². The first kappa shape index (κ1) is 92.5. The van der Waals surface area contributed by atoms with Gasteiger partial charge in [-0.2, -0.15) is 0 Å². The van der Waals surface area contributed by atoms with Gasteiger partial charge in [0.15, 0.2) is 12.2 Å². The third-order valence-electron chi connectivity index (χ3n) is 17.2. The average Bonchev–Trinajstić information content (AvgIpc) is 1.60. The fraction of sp³-hybridized carbons (Fsp3) is 0.895. The van der Waals surface area contributed by atoms with Crippen molar-refractivity contribution in [3.05, 3.63) is 24.3 Å². The van der Waals surface area contributed by atoms with Gasteiger partial charge in [-0.25, -0.2) is 9.13 Å². The fourth-order valence-electron chi connectivity index (χ4n) is 11.2. The Kier molecular flexibility index (Phi) is 66.9. The highest BCUT2D eigenvalue weighted by molar-refractivity contribution is 7.47. The molecule has 0 aromatic carbocycles. The fourth-order valence-corrected chi connectivity index (χ4v) is 12.7. The molecule has 17 nitrogen and oxygen atoms in total. The minimum atomic E-state index is -4.96. The SMILES string of the molecule is CCCCCC/C=C\C=C/CCCCCCCC(=O)OC[C@H](COP(=O)(O)OC[C@@H](O)COP(=O)(O)OC[C@@H](COC(=O)CCCCCCCCCCCC)OC(=O)CCCCCCCCCCCCC(C)C)OC(=O)CCCCCCCCCCCCCCCCCCC. The van der Waals surface area contributed by atoms with Crippen LogP contribution in [0.4, 0.5) is 0 Å². The van der Waals surface area contributed by atoms with Gasteiger partial charge >= 0.3 is 39.5 Å². The van der Waals surface area contributed by atoms with Gasteiger partial charge in [0.05, 0.1) is 26.4 Å². The molecule has 2 unspecified atom stereocenters. The second-order valence-corrected chi connectivity index (χ2v) is 30.1. The molecule has 0 saturated heterocycles. The zero-order valence-corrected chi connectivity index (χ0v) is 63.1. The number of allylic oxidation sites excluding steroid dienone is 4. The minimum absolute atomic E-state index is 0.102. The highest BCUT2D eigenvalue weighted by atomic mass is 31.2. The van der Waals surface area contributed by atoms with Crippen molar-refractivity contribution in [1.29, 1.82) is 0 Å². The van der Waals surface area contributed by atoms with Gasteiger partial charge in [0.25, 0.3) is 0 Å². The lowest BCUT2D eigenvalue weighted by Gasteiger charge is -2.21. The number of unbranched alkanes of at least 4 members (excludes halogenated alkanes) is 43. The number of ether oxygens (including phenoxy) is 4. The number of hydrogen-bond acceptors (Lipinski definition) is 15. The Morgan fingerprint density at radius 3 is 0.863 bits per heavy atom. The van der Waals surface area contributed by atoms with E-state index >= 15 is 0 Å². The van der Waals surface area contributed by atoms with Crippen molar-refractivity contribution in [3.8, 4) is 0 Å². The van der Waals surface area contributed by atoms with Crippen LogP contribution in [0.1, 0.15) is 375 Å². The van der Waals surface area contributed by atoms with Crippen molar-refractivity contribution < 1.29 is 80.2 Å². The monoisotopic (exact) mass is 1390 g/mol.